The lowest BCUT2D eigenvalue weighted by atomic mass is 10.3. The van der Waals surface area contributed by atoms with Crippen molar-refractivity contribution in [3.05, 3.63) is 22.3 Å². The Hall–Kier alpha value is -1.39. The van der Waals surface area contributed by atoms with E-state index in [-0.39, 0.29) is 12.4 Å². The fraction of sp³-hybridized carbons (Fsp3) is 0.625. The van der Waals surface area contributed by atoms with E-state index >= 15 is 0 Å². The zero-order valence-electron chi connectivity index (χ0n) is 7.73. The minimum atomic E-state index is -0.755. The summed E-state index contributed by atoms with van der Waals surface area (Å²) >= 11 is 0. The largest absolute Gasteiger partial charge is 0.466 e. The summed E-state index contributed by atoms with van der Waals surface area (Å²) in [5, 5.41) is 10.1. The van der Waals surface area contributed by atoms with Crippen LogP contribution in [0.15, 0.2) is 12.2 Å². The van der Waals surface area contributed by atoms with E-state index in [2.05, 4.69) is 4.74 Å². The Morgan fingerprint density at radius 1 is 1.69 bits per heavy atom. The minimum Gasteiger partial charge on any atom is -0.466 e. The molecule has 0 spiro atoms. The molecule has 5 heteroatoms. The molecular formula is C8H13NO4. The van der Waals surface area contributed by atoms with Crippen LogP contribution < -0.4 is 0 Å². The van der Waals surface area contributed by atoms with Gasteiger partial charge in [0.1, 0.15) is 0 Å². The molecule has 0 saturated heterocycles. The van der Waals surface area contributed by atoms with E-state index < -0.39 is 11.0 Å². The number of carbonyl (C=O) groups is 1. The van der Waals surface area contributed by atoms with Gasteiger partial charge in [0.25, 0.3) is 0 Å². The van der Waals surface area contributed by atoms with Crippen LogP contribution in [0.4, 0.5) is 0 Å². The minimum absolute atomic E-state index is 0.0893. The second kappa shape index (κ2) is 6.16. The van der Waals surface area contributed by atoms with E-state index in [1.165, 1.54) is 19.1 Å². The van der Waals surface area contributed by atoms with Crippen LogP contribution in [0.2, 0.25) is 0 Å². The number of nitro groups is 1. The summed E-state index contributed by atoms with van der Waals surface area (Å²) < 4.78 is 4.62. The molecule has 0 rings (SSSR count). The molecule has 0 N–H and O–H groups in total. The fourth-order valence-corrected chi connectivity index (χ4v) is 0.651. The maximum Gasteiger partial charge on any atom is 0.309 e. The van der Waals surface area contributed by atoms with Gasteiger partial charge in [-0.2, -0.15) is 0 Å². The monoisotopic (exact) mass is 187 g/mol. The molecule has 1 unspecified atom stereocenters. The van der Waals surface area contributed by atoms with Gasteiger partial charge in [-0.15, -0.1) is 0 Å². The molecule has 5 nitrogen and oxygen atoms in total. The summed E-state index contributed by atoms with van der Waals surface area (Å²) in [4.78, 5) is 20.5. The third kappa shape index (κ3) is 5.84. The van der Waals surface area contributed by atoms with Gasteiger partial charge in [-0.25, -0.2) is 0 Å². The van der Waals surface area contributed by atoms with E-state index in [1.54, 1.807) is 6.92 Å². The predicted octanol–water partition coefficient (Wildman–Crippen LogP) is 1.16. The normalized spacial score (nSPS) is 12.8. The average Bonchev–Trinajstić information content (AvgIpc) is 2.04. The van der Waals surface area contributed by atoms with Crippen LogP contribution in [0.1, 0.15) is 20.3 Å². The molecule has 1 atom stereocenters. The van der Waals surface area contributed by atoms with Gasteiger partial charge in [-0.05, 0) is 13.0 Å². The molecule has 0 saturated carbocycles. The molecule has 0 aromatic rings. The molecule has 0 fully saturated rings. The van der Waals surface area contributed by atoms with Crippen molar-refractivity contribution in [2.75, 3.05) is 6.61 Å². The highest BCUT2D eigenvalue weighted by Gasteiger charge is 2.06. The smallest absolute Gasteiger partial charge is 0.309 e. The van der Waals surface area contributed by atoms with Gasteiger partial charge < -0.3 is 4.74 Å². The van der Waals surface area contributed by atoms with Crippen molar-refractivity contribution < 1.29 is 14.5 Å². The Morgan fingerprint density at radius 2 is 2.31 bits per heavy atom. The Kier molecular flexibility index (Phi) is 5.50. The van der Waals surface area contributed by atoms with Crippen LogP contribution in [-0.4, -0.2) is 23.5 Å². The molecule has 0 bridgehead atoms. The van der Waals surface area contributed by atoms with Crippen LogP contribution in [0, 0.1) is 10.1 Å². The SMILES string of the molecule is CCOC(=O)C/C=C/C(C)[N+](=O)[O-]. The lowest BCUT2D eigenvalue weighted by Gasteiger charge is -1.97. The Labute approximate surface area is 76.5 Å². The van der Waals surface area contributed by atoms with Crippen molar-refractivity contribution in [1.29, 1.82) is 0 Å². The van der Waals surface area contributed by atoms with Crippen LogP contribution in [0.3, 0.4) is 0 Å². The maximum atomic E-state index is 10.8. The highest BCUT2D eigenvalue weighted by molar-refractivity contribution is 5.71. The number of ether oxygens (including phenoxy) is 1. The molecule has 13 heavy (non-hydrogen) atoms. The third-order valence-corrected chi connectivity index (χ3v) is 1.34. The van der Waals surface area contributed by atoms with E-state index in [9.17, 15) is 14.9 Å². The fourth-order valence-electron chi connectivity index (χ4n) is 0.651. The molecule has 74 valence electrons. The summed E-state index contributed by atoms with van der Waals surface area (Å²) in [6, 6.07) is -0.755. The van der Waals surface area contributed by atoms with Crippen molar-refractivity contribution in [2.45, 2.75) is 26.3 Å². The zero-order chi connectivity index (χ0) is 10.3. The second-order valence-electron chi connectivity index (χ2n) is 2.46. The third-order valence-electron chi connectivity index (χ3n) is 1.34. The predicted molar refractivity (Wildman–Crippen MR) is 46.8 cm³/mol. The van der Waals surface area contributed by atoms with Gasteiger partial charge in [0.05, 0.1) is 13.0 Å². The molecule has 0 radical (unpaired) electrons. The van der Waals surface area contributed by atoms with Gasteiger partial charge in [-0.3, -0.25) is 14.9 Å². The van der Waals surface area contributed by atoms with Gasteiger partial charge in [0.2, 0.25) is 6.04 Å². The summed E-state index contributed by atoms with van der Waals surface area (Å²) in [6.45, 7) is 3.49. The molecular weight excluding hydrogens is 174 g/mol. The number of hydrogen-bond donors (Lipinski definition) is 0. The van der Waals surface area contributed by atoms with Crippen molar-refractivity contribution in [1.82, 2.24) is 0 Å². The lowest BCUT2D eigenvalue weighted by Crippen LogP contribution is -2.11. The topological polar surface area (TPSA) is 69.4 Å². The van der Waals surface area contributed by atoms with Crippen molar-refractivity contribution >= 4 is 5.97 Å². The summed E-state index contributed by atoms with van der Waals surface area (Å²) in [5.41, 5.74) is 0. The number of nitrogens with zero attached hydrogens (tertiary/aromatic N) is 1. The maximum absolute atomic E-state index is 10.8. The van der Waals surface area contributed by atoms with Gasteiger partial charge in [-0.1, -0.05) is 6.08 Å². The van der Waals surface area contributed by atoms with Crippen LogP contribution in [-0.2, 0) is 9.53 Å². The van der Waals surface area contributed by atoms with E-state index in [1.807, 2.05) is 0 Å². The molecule has 0 amide bonds. The highest BCUT2D eigenvalue weighted by atomic mass is 16.6. The standard InChI is InChI=1S/C8H13NO4/c1-3-13-8(10)6-4-5-7(2)9(11)12/h4-5,7H,3,6H2,1-2H3/b5-4+. The first-order valence-corrected chi connectivity index (χ1v) is 4.03. The van der Waals surface area contributed by atoms with Crippen molar-refractivity contribution in [3.8, 4) is 0 Å². The van der Waals surface area contributed by atoms with E-state index in [0.29, 0.717) is 6.61 Å². The Balaban J connectivity index is 3.74. The molecule has 0 aliphatic rings. The quantitative estimate of drug-likeness (QED) is 0.280. The number of esters is 1. The number of hydrogen-bond acceptors (Lipinski definition) is 4. The summed E-state index contributed by atoms with van der Waals surface area (Å²) in [7, 11) is 0. The van der Waals surface area contributed by atoms with E-state index in [4.69, 9.17) is 0 Å². The first-order valence-electron chi connectivity index (χ1n) is 4.03. The highest BCUT2D eigenvalue weighted by Crippen LogP contribution is 1.94. The number of rotatable bonds is 5. The van der Waals surface area contributed by atoms with Crippen LogP contribution in [0.5, 0.6) is 0 Å². The lowest BCUT2D eigenvalue weighted by molar-refractivity contribution is -0.504. The van der Waals surface area contributed by atoms with E-state index in [0.717, 1.165) is 0 Å². The van der Waals surface area contributed by atoms with Gasteiger partial charge in [0, 0.05) is 11.8 Å². The summed E-state index contributed by atoms with van der Waals surface area (Å²) in [5.74, 6) is -0.366. The molecule has 0 aliphatic heterocycles. The molecule has 0 heterocycles. The molecule has 0 aromatic heterocycles. The molecule has 0 aromatic carbocycles. The Morgan fingerprint density at radius 3 is 2.77 bits per heavy atom. The van der Waals surface area contributed by atoms with Gasteiger partial charge >= 0.3 is 5.97 Å². The van der Waals surface area contributed by atoms with Crippen molar-refractivity contribution in [2.24, 2.45) is 0 Å². The number of carbonyl (C=O) groups excluding carboxylic acids is 1. The zero-order valence-corrected chi connectivity index (χ0v) is 7.73. The van der Waals surface area contributed by atoms with Crippen LogP contribution in [0.25, 0.3) is 0 Å². The summed E-state index contributed by atoms with van der Waals surface area (Å²) in [6.07, 6.45) is 2.91. The Bertz CT molecular complexity index is 212. The first kappa shape index (κ1) is 11.6. The van der Waals surface area contributed by atoms with Gasteiger partial charge in [0.15, 0.2) is 0 Å². The van der Waals surface area contributed by atoms with Crippen molar-refractivity contribution in [3.63, 3.8) is 0 Å². The second-order valence-corrected chi connectivity index (χ2v) is 2.46. The average molecular weight is 187 g/mol. The first-order chi connectivity index (χ1) is 6.07. The van der Waals surface area contributed by atoms with Crippen LogP contribution >= 0.6 is 0 Å². The molecule has 0 aliphatic carbocycles.